The van der Waals surface area contributed by atoms with E-state index < -0.39 is 5.60 Å². The molecule has 0 bridgehead atoms. The number of halogens is 1. The maximum absolute atomic E-state index is 11.5. The van der Waals surface area contributed by atoms with Crippen LogP contribution in [-0.4, -0.2) is 28.9 Å². The lowest BCUT2D eigenvalue weighted by Crippen LogP contribution is -2.38. The van der Waals surface area contributed by atoms with Gasteiger partial charge in [0.1, 0.15) is 0 Å². The van der Waals surface area contributed by atoms with Crippen LogP contribution in [0, 0.1) is 0 Å². The molecule has 0 atom stereocenters. The molecule has 106 valence electrons. The van der Waals surface area contributed by atoms with Gasteiger partial charge in [-0.15, -0.1) is 11.8 Å². The van der Waals surface area contributed by atoms with E-state index in [0.717, 1.165) is 22.1 Å². The van der Waals surface area contributed by atoms with Crippen molar-refractivity contribution in [1.29, 1.82) is 0 Å². The minimum Gasteiger partial charge on any atom is -0.389 e. The molecule has 5 heteroatoms. The number of benzene rings is 1. The fraction of sp³-hybridized carbons (Fsp3) is 0.500. The average molecular weight is 302 g/mol. The standard InChI is InChI=1S/C14H20ClNO2S/c1-14(2,18)10-16-13(17)4-3-9-19-12-7-5-11(15)6-8-12/h5-8,18H,3-4,9-10H2,1-2H3,(H,16,17). The van der Waals surface area contributed by atoms with Gasteiger partial charge in [0.15, 0.2) is 0 Å². The van der Waals surface area contributed by atoms with Crippen LogP contribution in [-0.2, 0) is 4.79 Å². The van der Waals surface area contributed by atoms with Crippen LogP contribution in [0.3, 0.4) is 0 Å². The molecule has 1 aromatic carbocycles. The van der Waals surface area contributed by atoms with Crippen molar-refractivity contribution in [3.63, 3.8) is 0 Å². The molecule has 0 unspecified atom stereocenters. The van der Waals surface area contributed by atoms with E-state index in [4.69, 9.17) is 11.6 Å². The average Bonchev–Trinajstić information content (AvgIpc) is 2.33. The summed E-state index contributed by atoms with van der Waals surface area (Å²) >= 11 is 7.51. The van der Waals surface area contributed by atoms with E-state index in [1.807, 2.05) is 24.3 Å². The number of hydrogen-bond acceptors (Lipinski definition) is 3. The van der Waals surface area contributed by atoms with Gasteiger partial charge in [0.2, 0.25) is 5.91 Å². The smallest absolute Gasteiger partial charge is 0.220 e. The molecule has 0 radical (unpaired) electrons. The first-order chi connectivity index (χ1) is 8.87. The van der Waals surface area contributed by atoms with Crippen molar-refractivity contribution >= 4 is 29.3 Å². The molecule has 0 heterocycles. The summed E-state index contributed by atoms with van der Waals surface area (Å²) in [6.45, 7) is 3.63. The van der Waals surface area contributed by atoms with E-state index in [1.165, 1.54) is 0 Å². The molecule has 0 aliphatic rings. The molecule has 0 spiro atoms. The van der Waals surface area contributed by atoms with Crippen LogP contribution < -0.4 is 5.32 Å². The van der Waals surface area contributed by atoms with E-state index in [2.05, 4.69) is 5.32 Å². The van der Waals surface area contributed by atoms with Crippen LogP contribution in [0.2, 0.25) is 5.02 Å². The summed E-state index contributed by atoms with van der Waals surface area (Å²) < 4.78 is 0. The molecular weight excluding hydrogens is 282 g/mol. The molecule has 1 rings (SSSR count). The van der Waals surface area contributed by atoms with Gasteiger partial charge in [-0.2, -0.15) is 0 Å². The fourth-order valence-corrected chi connectivity index (χ4v) is 2.34. The Morgan fingerprint density at radius 1 is 1.37 bits per heavy atom. The molecule has 1 amide bonds. The van der Waals surface area contributed by atoms with Gasteiger partial charge in [-0.25, -0.2) is 0 Å². The third kappa shape index (κ3) is 8.14. The highest BCUT2D eigenvalue weighted by molar-refractivity contribution is 7.99. The van der Waals surface area contributed by atoms with Gasteiger partial charge in [0.25, 0.3) is 0 Å². The van der Waals surface area contributed by atoms with E-state index >= 15 is 0 Å². The maximum atomic E-state index is 11.5. The number of aliphatic hydroxyl groups is 1. The Morgan fingerprint density at radius 3 is 2.58 bits per heavy atom. The Labute approximate surface area is 123 Å². The zero-order chi connectivity index (χ0) is 14.3. The molecule has 0 fully saturated rings. The van der Waals surface area contributed by atoms with E-state index in [-0.39, 0.29) is 12.5 Å². The molecule has 19 heavy (non-hydrogen) atoms. The third-order valence-electron chi connectivity index (χ3n) is 2.35. The summed E-state index contributed by atoms with van der Waals surface area (Å²) in [7, 11) is 0. The van der Waals surface area contributed by atoms with Crippen LogP contribution >= 0.6 is 23.4 Å². The van der Waals surface area contributed by atoms with Crippen LogP contribution in [0.1, 0.15) is 26.7 Å². The van der Waals surface area contributed by atoms with Crippen LogP contribution in [0.25, 0.3) is 0 Å². The number of rotatable bonds is 7. The van der Waals surface area contributed by atoms with Gasteiger partial charge in [0, 0.05) is 22.9 Å². The van der Waals surface area contributed by atoms with Crippen molar-refractivity contribution < 1.29 is 9.90 Å². The van der Waals surface area contributed by atoms with Crippen LogP contribution in [0.15, 0.2) is 29.2 Å². The topological polar surface area (TPSA) is 49.3 Å². The lowest BCUT2D eigenvalue weighted by Gasteiger charge is -2.17. The molecule has 0 aromatic heterocycles. The minimum absolute atomic E-state index is 0.0150. The molecule has 1 aromatic rings. The Morgan fingerprint density at radius 2 is 2.00 bits per heavy atom. The molecule has 2 N–H and O–H groups in total. The van der Waals surface area contributed by atoms with Crippen LogP contribution in [0.5, 0.6) is 0 Å². The van der Waals surface area contributed by atoms with Crippen LogP contribution in [0.4, 0.5) is 0 Å². The van der Waals surface area contributed by atoms with E-state index in [9.17, 15) is 9.90 Å². The highest BCUT2D eigenvalue weighted by Crippen LogP contribution is 2.21. The Bertz CT molecular complexity index is 401. The van der Waals surface area contributed by atoms with Crippen molar-refractivity contribution in [2.75, 3.05) is 12.3 Å². The molecule has 0 saturated heterocycles. The number of carbonyl (C=O) groups is 1. The third-order valence-corrected chi connectivity index (χ3v) is 3.70. The molecule has 3 nitrogen and oxygen atoms in total. The van der Waals surface area contributed by atoms with Gasteiger partial charge in [-0.3, -0.25) is 4.79 Å². The predicted molar refractivity (Wildman–Crippen MR) is 80.7 cm³/mol. The Kier molecular flexibility index (Phi) is 6.69. The number of carbonyl (C=O) groups excluding carboxylic acids is 1. The number of hydrogen-bond donors (Lipinski definition) is 2. The lowest BCUT2D eigenvalue weighted by atomic mass is 10.1. The minimum atomic E-state index is -0.853. The molecule has 0 aliphatic heterocycles. The molecule has 0 saturated carbocycles. The highest BCUT2D eigenvalue weighted by Gasteiger charge is 2.13. The van der Waals surface area contributed by atoms with E-state index in [0.29, 0.717) is 6.42 Å². The van der Waals surface area contributed by atoms with Gasteiger partial charge in [-0.05, 0) is 50.3 Å². The number of amides is 1. The number of thioether (sulfide) groups is 1. The van der Waals surface area contributed by atoms with Crippen molar-refractivity contribution in [3.05, 3.63) is 29.3 Å². The summed E-state index contributed by atoms with van der Waals surface area (Å²) in [5.74, 6) is 0.872. The normalized spacial score (nSPS) is 11.4. The fourth-order valence-electron chi connectivity index (χ4n) is 1.36. The zero-order valence-electron chi connectivity index (χ0n) is 11.3. The largest absolute Gasteiger partial charge is 0.389 e. The second-order valence-corrected chi connectivity index (χ2v) is 6.60. The first-order valence-corrected chi connectivity index (χ1v) is 7.61. The summed E-state index contributed by atoms with van der Waals surface area (Å²) in [5, 5.41) is 12.9. The first-order valence-electron chi connectivity index (χ1n) is 6.24. The highest BCUT2D eigenvalue weighted by atomic mass is 35.5. The van der Waals surface area contributed by atoms with Gasteiger partial charge >= 0.3 is 0 Å². The van der Waals surface area contributed by atoms with Gasteiger partial charge in [-0.1, -0.05) is 11.6 Å². The predicted octanol–water partition coefficient (Wildman–Crippen LogP) is 3.10. The quantitative estimate of drug-likeness (QED) is 0.601. The van der Waals surface area contributed by atoms with Crippen molar-refractivity contribution in [2.24, 2.45) is 0 Å². The second-order valence-electron chi connectivity index (χ2n) is 5.00. The summed E-state index contributed by atoms with van der Waals surface area (Å²) in [6.07, 6.45) is 1.29. The van der Waals surface area contributed by atoms with E-state index in [1.54, 1.807) is 25.6 Å². The van der Waals surface area contributed by atoms with Gasteiger partial charge in [0.05, 0.1) is 5.60 Å². The zero-order valence-corrected chi connectivity index (χ0v) is 12.9. The van der Waals surface area contributed by atoms with Gasteiger partial charge < -0.3 is 10.4 Å². The maximum Gasteiger partial charge on any atom is 0.220 e. The summed E-state index contributed by atoms with van der Waals surface area (Å²) in [6, 6.07) is 7.67. The monoisotopic (exact) mass is 301 g/mol. The Balaban J connectivity index is 2.13. The molecular formula is C14H20ClNO2S. The van der Waals surface area contributed by atoms with Crippen molar-refractivity contribution in [1.82, 2.24) is 5.32 Å². The summed E-state index contributed by atoms with van der Waals surface area (Å²) in [5.41, 5.74) is -0.853. The lowest BCUT2D eigenvalue weighted by molar-refractivity contribution is -0.122. The number of nitrogens with one attached hydrogen (secondary N) is 1. The first kappa shape index (κ1) is 16.3. The van der Waals surface area contributed by atoms with Crippen molar-refractivity contribution in [2.45, 2.75) is 37.2 Å². The summed E-state index contributed by atoms with van der Waals surface area (Å²) in [4.78, 5) is 12.7. The molecule has 0 aliphatic carbocycles. The Hall–Kier alpha value is -0.710. The SMILES string of the molecule is CC(C)(O)CNC(=O)CCCSc1ccc(Cl)cc1. The second kappa shape index (κ2) is 7.78. The van der Waals surface area contributed by atoms with Crippen molar-refractivity contribution in [3.8, 4) is 0 Å².